The van der Waals surface area contributed by atoms with E-state index >= 15 is 0 Å². The molecule has 0 N–H and O–H groups in total. The van der Waals surface area contributed by atoms with Crippen LogP contribution in [0.2, 0.25) is 0 Å². The highest BCUT2D eigenvalue weighted by molar-refractivity contribution is 8.13. The van der Waals surface area contributed by atoms with Gasteiger partial charge in [-0.1, -0.05) is 5.16 Å². The van der Waals surface area contributed by atoms with Gasteiger partial charge in [-0.05, 0) is 12.1 Å². The fourth-order valence-corrected chi connectivity index (χ4v) is 2.29. The normalized spacial score (nSPS) is 13.2. The molecule has 0 spiro atoms. The molecule has 2 aromatic rings. The molecule has 0 fully saturated rings. The van der Waals surface area contributed by atoms with Gasteiger partial charge in [0.05, 0.1) is 11.8 Å². The predicted molar refractivity (Wildman–Crippen MR) is 52.0 cm³/mol. The average Bonchev–Trinajstić information content (AvgIpc) is 2.59. The fourth-order valence-electron chi connectivity index (χ4n) is 1.30. The third-order valence-corrected chi connectivity index (χ3v) is 3.34. The minimum atomic E-state index is -4.68. The van der Waals surface area contributed by atoms with E-state index in [4.69, 9.17) is 10.7 Å². The van der Waals surface area contributed by atoms with Crippen LogP contribution in [0.15, 0.2) is 27.7 Å². The van der Waals surface area contributed by atoms with Gasteiger partial charge in [0, 0.05) is 16.1 Å². The predicted octanol–water partition coefficient (Wildman–Crippen LogP) is 2.77. The summed E-state index contributed by atoms with van der Waals surface area (Å²) < 4.78 is 64.3. The smallest absolute Gasteiger partial charge is 0.355 e. The third kappa shape index (κ3) is 2.22. The van der Waals surface area contributed by atoms with Gasteiger partial charge in [0.25, 0.3) is 9.05 Å². The van der Waals surface area contributed by atoms with E-state index in [9.17, 15) is 21.6 Å². The van der Waals surface area contributed by atoms with Crippen molar-refractivity contribution < 1.29 is 26.1 Å². The number of fused-ring (bicyclic) bond motifs is 1. The number of benzene rings is 1. The van der Waals surface area contributed by atoms with E-state index in [1.165, 1.54) is 0 Å². The zero-order chi connectivity index (χ0) is 12.8. The highest BCUT2D eigenvalue weighted by atomic mass is 35.7. The molecule has 0 aliphatic heterocycles. The Morgan fingerprint density at radius 3 is 2.47 bits per heavy atom. The number of rotatable bonds is 1. The van der Waals surface area contributed by atoms with Crippen LogP contribution in [0, 0.1) is 0 Å². The summed E-state index contributed by atoms with van der Waals surface area (Å²) in [5, 5.41) is 3.15. The van der Waals surface area contributed by atoms with Crippen LogP contribution in [0.1, 0.15) is 5.56 Å². The van der Waals surface area contributed by atoms with Gasteiger partial charge >= 0.3 is 6.18 Å². The van der Waals surface area contributed by atoms with Gasteiger partial charge < -0.3 is 4.52 Å². The van der Waals surface area contributed by atoms with Crippen molar-refractivity contribution in [2.75, 3.05) is 0 Å². The summed E-state index contributed by atoms with van der Waals surface area (Å²) >= 11 is 0. The van der Waals surface area contributed by atoms with Crippen LogP contribution in [-0.4, -0.2) is 13.6 Å². The molecule has 92 valence electrons. The Morgan fingerprint density at radius 1 is 1.29 bits per heavy atom. The lowest BCUT2D eigenvalue weighted by Gasteiger charge is -2.07. The van der Waals surface area contributed by atoms with E-state index in [0.717, 1.165) is 12.3 Å². The van der Waals surface area contributed by atoms with Crippen molar-refractivity contribution in [1.82, 2.24) is 5.16 Å². The first-order valence-electron chi connectivity index (χ1n) is 4.10. The first kappa shape index (κ1) is 12.2. The Balaban J connectivity index is 2.86. The van der Waals surface area contributed by atoms with Crippen LogP contribution >= 0.6 is 10.7 Å². The molecule has 1 aromatic heterocycles. The van der Waals surface area contributed by atoms with E-state index < -0.39 is 25.7 Å². The van der Waals surface area contributed by atoms with E-state index in [1.807, 2.05) is 0 Å². The molecule has 17 heavy (non-hydrogen) atoms. The number of alkyl halides is 3. The van der Waals surface area contributed by atoms with Gasteiger partial charge in [0.2, 0.25) is 0 Å². The van der Waals surface area contributed by atoms with Crippen molar-refractivity contribution >= 4 is 30.7 Å². The molecule has 1 aromatic carbocycles. The second kappa shape index (κ2) is 3.61. The van der Waals surface area contributed by atoms with Crippen molar-refractivity contribution in [2.24, 2.45) is 0 Å². The molecule has 2 rings (SSSR count). The molecular weight excluding hydrogens is 283 g/mol. The van der Waals surface area contributed by atoms with Crippen molar-refractivity contribution in [1.29, 1.82) is 0 Å². The maximum Gasteiger partial charge on any atom is 0.416 e. The standard InChI is InChI=1S/C8H3ClF3NO3S/c9-17(14,15)6-2-5(8(10,11)12)1-4-3-13-16-7(4)6/h1-3H. The average molecular weight is 286 g/mol. The Kier molecular flexibility index (Phi) is 2.58. The van der Waals surface area contributed by atoms with Crippen LogP contribution in [0.25, 0.3) is 11.0 Å². The number of hydrogen-bond donors (Lipinski definition) is 0. The Morgan fingerprint density at radius 2 is 1.94 bits per heavy atom. The summed E-state index contributed by atoms with van der Waals surface area (Å²) in [4.78, 5) is -0.749. The number of hydrogen-bond acceptors (Lipinski definition) is 4. The molecule has 0 aliphatic carbocycles. The molecule has 0 bridgehead atoms. The van der Waals surface area contributed by atoms with Gasteiger partial charge in [-0.3, -0.25) is 0 Å². The molecule has 0 radical (unpaired) electrons. The Bertz CT molecular complexity index is 677. The van der Waals surface area contributed by atoms with E-state index in [0.29, 0.717) is 6.07 Å². The lowest BCUT2D eigenvalue weighted by Crippen LogP contribution is -2.06. The van der Waals surface area contributed by atoms with Gasteiger partial charge in [-0.15, -0.1) is 0 Å². The SMILES string of the molecule is O=S(=O)(Cl)c1cc(C(F)(F)F)cc2cnoc12. The van der Waals surface area contributed by atoms with Crippen LogP contribution in [0.5, 0.6) is 0 Å². The molecule has 1 heterocycles. The van der Waals surface area contributed by atoms with Gasteiger partial charge in [0.15, 0.2) is 5.58 Å². The van der Waals surface area contributed by atoms with E-state index in [1.54, 1.807) is 0 Å². The first-order valence-corrected chi connectivity index (χ1v) is 6.41. The highest BCUT2D eigenvalue weighted by Gasteiger charge is 2.33. The molecule has 0 aliphatic rings. The largest absolute Gasteiger partial charge is 0.416 e. The summed E-state index contributed by atoms with van der Waals surface area (Å²) in [6.45, 7) is 0. The molecule has 0 saturated carbocycles. The first-order chi connectivity index (χ1) is 7.69. The lowest BCUT2D eigenvalue weighted by molar-refractivity contribution is -0.137. The van der Waals surface area contributed by atoms with Crippen LogP contribution < -0.4 is 0 Å². The molecule has 9 heteroatoms. The van der Waals surface area contributed by atoms with Crippen LogP contribution in [0.4, 0.5) is 13.2 Å². The van der Waals surface area contributed by atoms with Crippen molar-refractivity contribution in [2.45, 2.75) is 11.1 Å². The number of halogens is 4. The summed E-state index contributed by atoms with van der Waals surface area (Å²) in [6, 6.07) is 1.15. The second-order valence-electron chi connectivity index (χ2n) is 3.15. The molecule has 0 atom stereocenters. The zero-order valence-electron chi connectivity index (χ0n) is 7.82. The third-order valence-electron chi connectivity index (χ3n) is 2.01. The lowest BCUT2D eigenvalue weighted by atomic mass is 10.1. The maximum absolute atomic E-state index is 12.5. The topological polar surface area (TPSA) is 60.2 Å². The van der Waals surface area contributed by atoms with E-state index in [-0.39, 0.29) is 11.0 Å². The quantitative estimate of drug-likeness (QED) is 0.756. The second-order valence-corrected chi connectivity index (χ2v) is 5.69. The van der Waals surface area contributed by atoms with Crippen molar-refractivity contribution in [3.8, 4) is 0 Å². The summed E-state index contributed by atoms with van der Waals surface area (Å²) in [7, 11) is 0.690. The molecule has 0 amide bonds. The summed E-state index contributed by atoms with van der Waals surface area (Å²) in [6.07, 6.45) is -3.70. The number of aromatic nitrogens is 1. The Hall–Kier alpha value is -1.28. The minimum absolute atomic E-state index is 0.0842. The maximum atomic E-state index is 12.5. The molecule has 0 saturated heterocycles. The number of nitrogens with zero attached hydrogens (tertiary/aromatic N) is 1. The van der Waals surface area contributed by atoms with Crippen molar-refractivity contribution in [3.63, 3.8) is 0 Å². The van der Waals surface area contributed by atoms with Crippen LogP contribution in [-0.2, 0) is 15.2 Å². The molecule has 0 unspecified atom stereocenters. The highest BCUT2D eigenvalue weighted by Crippen LogP contribution is 2.35. The van der Waals surface area contributed by atoms with Gasteiger partial charge in [-0.25, -0.2) is 8.42 Å². The summed E-state index contributed by atoms with van der Waals surface area (Å²) in [5.74, 6) is 0. The van der Waals surface area contributed by atoms with E-state index in [2.05, 4.69) is 9.68 Å². The summed E-state index contributed by atoms with van der Waals surface area (Å²) in [5.41, 5.74) is -1.43. The molecule has 4 nitrogen and oxygen atoms in total. The fraction of sp³-hybridized carbons (Fsp3) is 0.125. The monoisotopic (exact) mass is 285 g/mol. The van der Waals surface area contributed by atoms with Crippen molar-refractivity contribution in [3.05, 3.63) is 23.9 Å². The zero-order valence-corrected chi connectivity index (χ0v) is 9.40. The van der Waals surface area contributed by atoms with Crippen LogP contribution in [0.3, 0.4) is 0 Å². The Labute approximate surface area is 97.4 Å². The van der Waals surface area contributed by atoms with Gasteiger partial charge in [0.1, 0.15) is 4.90 Å². The van der Waals surface area contributed by atoms with Gasteiger partial charge in [-0.2, -0.15) is 13.2 Å². The minimum Gasteiger partial charge on any atom is -0.355 e. The molecular formula is C8H3ClF3NO3S.